The van der Waals surface area contributed by atoms with E-state index in [0.717, 1.165) is 11.0 Å². The van der Waals surface area contributed by atoms with E-state index in [2.05, 4.69) is 20.7 Å². The summed E-state index contributed by atoms with van der Waals surface area (Å²) in [6.07, 6.45) is 1.67. The van der Waals surface area contributed by atoms with Gasteiger partial charge in [0.05, 0.1) is 10.0 Å². The van der Waals surface area contributed by atoms with Crippen LogP contribution in [0.25, 0.3) is 6.08 Å². The number of thiophene rings is 1. The van der Waals surface area contributed by atoms with Gasteiger partial charge in [0.2, 0.25) is 15.9 Å². The van der Waals surface area contributed by atoms with Gasteiger partial charge in [-0.25, -0.2) is 12.8 Å². The van der Waals surface area contributed by atoms with Gasteiger partial charge in [0, 0.05) is 21.7 Å². The monoisotopic (exact) mass is 506 g/mol. The molecule has 1 saturated heterocycles. The molecule has 0 radical (unpaired) electrons. The lowest BCUT2D eigenvalue weighted by Gasteiger charge is -2.18. The molecule has 0 spiro atoms. The van der Waals surface area contributed by atoms with Gasteiger partial charge >= 0.3 is 0 Å². The van der Waals surface area contributed by atoms with Crippen LogP contribution in [0.2, 0.25) is 4.34 Å². The largest absolute Gasteiger partial charge is 0.308 e. The van der Waals surface area contributed by atoms with E-state index in [4.69, 9.17) is 11.6 Å². The average Bonchev–Trinajstić information content (AvgIpc) is 3.19. The molecular formula is C18H17BrClFN2O3S2. The zero-order chi connectivity index (χ0) is 20.5. The number of halogens is 3. The number of sulfonamides is 1. The normalized spacial score (nSPS) is 18.9. The van der Waals surface area contributed by atoms with Gasteiger partial charge in [-0.3, -0.25) is 4.79 Å². The Bertz CT molecular complexity index is 1020. The highest BCUT2D eigenvalue weighted by Gasteiger charge is 2.35. The Morgan fingerprint density at radius 1 is 1.39 bits per heavy atom. The van der Waals surface area contributed by atoms with E-state index in [1.54, 1.807) is 18.2 Å². The topological polar surface area (TPSA) is 66.5 Å². The Morgan fingerprint density at radius 3 is 2.75 bits per heavy atom. The summed E-state index contributed by atoms with van der Waals surface area (Å²) in [7, 11) is -3.83. The average molecular weight is 508 g/mol. The Balaban J connectivity index is 1.71. The van der Waals surface area contributed by atoms with Gasteiger partial charge in [0.25, 0.3) is 0 Å². The summed E-state index contributed by atoms with van der Waals surface area (Å²) in [5, 5.41) is 0.998. The molecular weight excluding hydrogens is 491 g/mol. The lowest BCUT2D eigenvalue weighted by molar-refractivity contribution is -0.118. The molecule has 0 bridgehead atoms. The van der Waals surface area contributed by atoms with Crippen molar-refractivity contribution in [3.63, 3.8) is 0 Å². The van der Waals surface area contributed by atoms with Crippen molar-refractivity contribution in [2.45, 2.75) is 24.2 Å². The fraction of sp³-hybridized carbons (Fsp3) is 0.278. The van der Waals surface area contributed by atoms with Crippen molar-refractivity contribution in [2.75, 3.05) is 11.4 Å². The SMILES string of the molecule is CC(Br)c1ccc(N2CCC(NS(=O)(=O)C=Cc3ccc(Cl)s3)C2=O)c(F)c1. The van der Waals surface area contributed by atoms with Crippen LogP contribution in [0.15, 0.2) is 35.7 Å². The fourth-order valence-electron chi connectivity index (χ4n) is 2.83. The number of hydrogen-bond acceptors (Lipinski definition) is 4. The molecule has 0 saturated carbocycles. The van der Waals surface area contributed by atoms with Crippen LogP contribution in [-0.2, 0) is 14.8 Å². The number of nitrogens with zero attached hydrogens (tertiary/aromatic N) is 1. The number of benzene rings is 1. The van der Waals surface area contributed by atoms with Crippen LogP contribution >= 0.6 is 38.9 Å². The molecule has 28 heavy (non-hydrogen) atoms. The molecule has 10 heteroatoms. The third-order valence-electron chi connectivity index (χ3n) is 4.24. The third-order valence-corrected chi connectivity index (χ3v) is 7.07. The van der Waals surface area contributed by atoms with Crippen LogP contribution in [0.1, 0.15) is 28.6 Å². The summed E-state index contributed by atoms with van der Waals surface area (Å²) < 4.78 is 41.9. The Labute approximate surface area is 180 Å². The highest BCUT2D eigenvalue weighted by molar-refractivity contribution is 9.09. The molecule has 0 aliphatic carbocycles. The summed E-state index contributed by atoms with van der Waals surface area (Å²) >= 11 is 10.4. The lowest BCUT2D eigenvalue weighted by atomic mass is 10.1. The van der Waals surface area contributed by atoms with Crippen molar-refractivity contribution in [1.82, 2.24) is 4.72 Å². The predicted octanol–water partition coefficient (Wildman–Crippen LogP) is 4.69. The minimum Gasteiger partial charge on any atom is -0.308 e. The van der Waals surface area contributed by atoms with Gasteiger partial charge in [-0.2, -0.15) is 4.72 Å². The van der Waals surface area contributed by atoms with Crippen LogP contribution in [-0.4, -0.2) is 26.9 Å². The molecule has 2 aromatic rings. The van der Waals surface area contributed by atoms with Crippen molar-refractivity contribution < 1.29 is 17.6 Å². The molecule has 2 unspecified atom stereocenters. The van der Waals surface area contributed by atoms with Gasteiger partial charge in [0.15, 0.2) is 0 Å². The zero-order valence-corrected chi connectivity index (χ0v) is 18.7. The maximum absolute atomic E-state index is 14.4. The van der Waals surface area contributed by atoms with Gasteiger partial charge in [-0.1, -0.05) is 33.6 Å². The van der Waals surface area contributed by atoms with E-state index < -0.39 is 27.8 Å². The summed E-state index contributed by atoms with van der Waals surface area (Å²) in [6, 6.07) is 7.07. The number of hydrogen-bond donors (Lipinski definition) is 1. The van der Waals surface area contributed by atoms with E-state index in [0.29, 0.717) is 9.21 Å². The quantitative estimate of drug-likeness (QED) is 0.577. The van der Waals surface area contributed by atoms with E-state index in [1.165, 1.54) is 34.4 Å². The molecule has 1 N–H and O–H groups in total. The van der Waals surface area contributed by atoms with Crippen molar-refractivity contribution in [3.8, 4) is 0 Å². The van der Waals surface area contributed by atoms with Gasteiger partial charge in [-0.15, -0.1) is 11.3 Å². The molecule has 3 rings (SSSR count). The van der Waals surface area contributed by atoms with Crippen LogP contribution in [0, 0.1) is 5.82 Å². The number of alkyl halides is 1. The van der Waals surface area contributed by atoms with Crippen LogP contribution < -0.4 is 9.62 Å². The third kappa shape index (κ3) is 5.01. The van der Waals surface area contributed by atoms with E-state index >= 15 is 0 Å². The number of amides is 1. The van der Waals surface area contributed by atoms with E-state index in [1.807, 2.05) is 6.92 Å². The number of anilines is 1. The molecule has 150 valence electrons. The zero-order valence-electron chi connectivity index (χ0n) is 14.7. The predicted molar refractivity (Wildman–Crippen MR) is 115 cm³/mol. The molecule has 1 amide bonds. The molecule has 1 fully saturated rings. The van der Waals surface area contributed by atoms with Crippen molar-refractivity contribution in [2.24, 2.45) is 0 Å². The first-order valence-electron chi connectivity index (χ1n) is 8.37. The van der Waals surface area contributed by atoms with Crippen molar-refractivity contribution in [3.05, 3.63) is 56.3 Å². The molecule has 5 nitrogen and oxygen atoms in total. The Hall–Kier alpha value is -1.26. The van der Waals surface area contributed by atoms with Crippen LogP contribution in [0.3, 0.4) is 0 Å². The van der Waals surface area contributed by atoms with E-state index in [9.17, 15) is 17.6 Å². The summed E-state index contributed by atoms with van der Waals surface area (Å²) in [5.41, 5.74) is 0.899. The molecule has 1 aromatic heterocycles. The summed E-state index contributed by atoms with van der Waals surface area (Å²) in [5.74, 6) is -0.996. The minimum absolute atomic E-state index is 0.0186. The number of carbonyl (C=O) groups excluding carboxylic acids is 1. The summed E-state index contributed by atoms with van der Waals surface area (Å²) in [4.78, 5) is 14.5. The smallest absolute Gasteiger partial charge is 0.245 e. The maximum atomic E-state index is 14.4. The minimum atomic E-state index is -3.83. The highest BCUT2D eigenvalue weighted by Crippen LogP contribution is 2.30. The second kappa shape index (κ2) is 8.62. The lowest BCUT2D eigenvalue weighted by Crippen LogP contribution is -2.40. The Kier molecular flexibility index (Phi) is 6.61. The standard InChI is InChI=1S/C18H17BrClFN2O3S2/c1-11(19)12-2-4-16(14(21)10-12)23-8-6-15(18(23)24)22-28(25,26)9-7-13-3-5-17(20)27-13/h2-5,7,9-11,15,22H,6,8H2,1H3. The number of nitrogens with one attached hydrogen (secondary N) is 1. The number of carbonyl (C=O) groups is 1. The fourth-order valence-corrected chi connectivity index (χ4v) is 5.18. The Morgan fingerprint density at radius 2 is 2.14 bits per heavy atom. The van der Waals surface area contributed by atoms with Gasteiger partial charge in [-0.05, 0) is 49.2 Å². The second-order valence-electron chi connectivity index (χ2n) is 6.27. The first-order valence-corrected chi connectivity index (χ1v) is 12.0. The molecule has 1 aliphatic heterocycles. The molecule has 1 aliphatic rings. The number of rotatable bonds is 6. The van der Waals surface area contributed by atoms with E-state index in [-0.39, 0.29) is 23.5 Å². The first-order chi connectivity index (χ1) is 13.2. The van der Waals surface area contributed by atoms with Crippen LogP contribution in [0.5, 0.6) is 0 Å². The van der Waals surface area contributed by atoms with Crippen LogP contribution in [0.4, 0.5) is 10.1 Å². The first kappa shape index (κ1) is 21.4. The summed E-state index contributed by atoms with van der Waals surface area (Å²) in [6.45, 7) is 2.11. The van der Waals surface area contributed by atoms with Gasteiger partial charge < -0.3 is 4.90 Å². The van der Waals surface area contributed by atoms with Gasteiger partial charge in [0.1, 0.15) is 11.9 Å². The van der Waals surface area contributed by atoms with Crippen molar-refractivity contribution in [1.29, 1.82) is 0 Å². The molecule has 1 aromatic carbocycles. The molecule has 2 atom stereocenters. The second-order valence-corrected chi connectivity index (χ2v) is 11.0. The maximum Gasteiger partial charge on any atom is 0.245 e. The van der Waals surface area contributed by atoms with Crippen molar-refractivity contribution >= 4 is 66.6 Å². The molecule has 2 heterocycles. The highest BCUT2D eigenvalue weighted by atomic mass is 79.9.